The first-order valence-electron chi connectivity index (χ1n) is 7.90. The zero-order valence-corrected chi connectivity index (χ0v) is 14.3. The average Bonchev–Trinajstić information content (AvgIpc) is 2.46. The van der Waals surface area contributed by atoms with E-state index in [0.717, 1.165) is 19.3 Å². The number of hydrogen-bond acceptors (Lipinski definition) is 3. The summed E-state index contributed by atoms with van der Waals surface area (Å²) in [5.74, 6) is 0.305. The van der Waals surface area contributed by atoms with Gasteiger partial charge in [0.05, 0.1) is 0 Å². The van der Waals surface area contributed by atoms with Crippen LogP contribution in [0.5, 0.6) is 0 Å². The van der Waals surface area contributed by atoms with Crippen LogP contribution in [-0.2, 0) is 10.2 Å². The molecule has 2 rings (SSSR count). The zero-order valence-electron chi connectivity index (χ0n) is 13.5. The molecule has 122 valence electrons. The Morgan fingerprint density at radius 2 is 2.00 bits per heavy atom. The quantitative estimate of drug-likeness (QED) is 0.804. The Balaban J connectivity index is 2.06. The van der Waals surface area contributed by atoms with Gasteiger partial charge in [0.25, 0.3) is 10.2 Å². The Morgan fingerprint density at radius 1 is 1.29 bits per heavy atom. The lowest BCUT2D eigenvalue weighted by atomic mass is 9.83. The van der Waals surface area contributed by atoms with Gasteiger partial charge in [-0.25, -0.2) is 0 Å². The molecule has 2 aliphatic heterocycles. The SMILES string of the molecule is CC(C)(C)C1=CCN(S(=O)(=O)N2CCCC(CN)C2)CC1. The van der Waals surface area contributed by atoms with Gasteiger partial charge in [-0.3, -0.25) is 0 Å². The third-order valence-electron chi connectivity index (χ3n) is 4.60. The number of rotatable bonds is 3. The fourth-order valence-electron chi connectivity index (χ4n) is 3.13. The minimum absolute atomic E-state index is 0.131. The summed E-state index contributed by atoms with van der Waals surface area (Å²) in [5, 5.41) is 0. The van der Waals surface area contributed by atoms with Gasteiger partial charge >= 0.3 is 0 Å². The van der Waals surface area contributed by atoms with Crippen molar-refractivity contribution >= 4 is 10.2 Å². The van der Waals surface area contributed by atoms with E-state index in [9.17, 15) is 8.42 Å². The van der Waals surface area contributed by atoms with Crippen LogP contribution in [0.3, 0.4) is 0 Å². The second kappa shape index (κ2) is 6.36. The van der Waals surface area contributed by atoms with E-state index in [2.05, 4.69) is 26.8 Å². The molecule has 2 aliphatic rings. The van der Waals surface area contributed by atoms with Crippen LogP contribution in [-0.4, -0.2) is 49.8 Å². The Hall–Kier alpha value is -0.430. The molecule has 1 atom stereocenters. The molecule has 1 fully saturated rings. The van der Waals surface area contributed by atoms with E-state index >= 15 is 0 Å². The van der Waals surface area contributed by atoms with Crippen LogP contribution >= 0.6 is 0 Å². The largest absolute Gasteiger partial charge is 0.330 e. The lowest BCUT2D eigenvalue weighted by Gasteiger charge is -2.37. The van der Waals surface area contributed by atoms with Crippen LogP contribution in [0.1, 0.15) is 40.0 Å². The zero-order chi connectivity index (χ0) is 15.7. The predicted octanol–water partition coefficient (Wildman–Crippen LogP) is 1.58. The molecule has 1 unspecified atom stereocenters. The van der Waals surface area contributed by atoms with Crippen LogP contribution in [0.15, 0.2) is 11.6 Å². The first-order valence-corrected chi connectivity index (χ1v) is 9.29. The maximum Gasteiger partial charge on any atom is 0.282 e. The van der Waals surface area contributed by atoms with Crippen LogP contribution in [0.4, 0.5) is 0 Å². The van der Waals surface area contributed by atoms with Crippen molar-refractivity contribution in [1.82, 2.24) is 8.61 Å². The molecule has 2 N–H and O–H groups in total. The summed E-state index contributed by atoms with van der Waals surface area (Å²) >= 11 is 0. The Kier molecular flexibility index (Phi) is 5.13. The molecule has 0 bridgehead atoms. The van der Waals surface area contributed by atoms with E-state index in [1.54, 1.807) is 8.61 Å². The fourth-order valence-corrected chi connectivity index (χ4v) is 4.80. The average molecular weight is 315 g/mol. The summed E-state index contributed by atoms with van der Waals surface area (Å²) in [6.07, 6.45) is 4.87. The summed E-state index contributed by atoms with van der Waals surface area (Å²) in [7, 11) is -3.33. The number of nitrogens with two attached hydrogens (primary N) is 1. The van der Waals surface area contributed by atoms with E-state index in [-0.39, 0.29) is 5.41 Å². The fraction of sp³-hybridized carbons (Fsp3) is 0.867. The van der Waals surface area contributed by atoms with Gasteiger partial charge in [0, 0.05) is 26.2 Å². The van der Waals surface area contributed by atoms with Crippen molar-refractivity contribution in [2.45, 2.75) is 40.0 Å². The number of nitrogens with zero attached hydrogens (tertiary/aromatic N) is 2. The van der Waals surface area contributed by atoms with E-state index in [1.807, 2.05) is 0 Å². The topological polar surface area (TPSA) is 66.6 Å². The van der Waals surface area contributed by atoms with Crippen LogP contribution < -0.4 is 5.73 Å². The second-order valence-corrected chi connectivity index (χ2v) is 9.13. The molecule has 0 radical (unpaired) electrons. The lowest BCUT2D eigenvalue weighted by molar-refractivity contribution is 0.250. The molecule has 0 aromatic heterocycles. The van der Waals surface area contributed by atoms with Crippen molar-refractivity contribution in [1.29, 1.82) is 0 Å². The smallest absolute Gasteiger partial charge is 0.282 e. The van der Waals surface area contributed by atoms with Gasteiger partial charge in [-0.15, -0.1) is 0 Å². The van der Waals surface area contributed by atoms with E-state index in [4.69, 9.17) is 5.73 Å². The summed E-state index contributed by atoms with van der Waals surface area (Å²) in [6, 6.07) is 0. The Labute approximate surface area is 129 Å². The molecule has 2 heterocycles. The van der Waals surface area contributed by atoms with Crippen molar-refractivity contribution < 1.29 is 8.42 Å². The first-order chi connectivity index (χ1) is 9.75. The van der Waals surface area contributed by atoms with E-state index in [0.29, 0.717) is 38.6 Å². The van der Waals surface area contributed by atoms with Gasteiger partial charge in [-0.1, -0.05) is 32.4 Å². The highest BCUT2D eigenvalue weighted by atomic mass is 32.2. The molecule has 5 nitrogen and oxygen atoms in total. The molecule has 0 amide bonds. The minimum Gasteiger partial charge on any atom is -0.330 e. The monoisotopic (exact) mass is 315 g/mol. The third kappa shape index (κ3) is 3.86. The predicted molar refractivity (Wildman–Crippen MR) is 86.0 cm³/mol. The van der Waals surface area contributed by atoms with Crippen molar-refractivity contribution in [3.8, 4) is 0 Å². The minimum atomic E-state index is -3.33. The van der Waals surface area contributed by atoms with Crippen LogP contribution in [0.2, 0.25) is 0 Å². The molecular weight excluding hydrogens is 286 g/mol. The van der Waals surface area contributed by atoms with Crippen LogP contribution in [0, 0.1) is 11.3 Å². The molecule has 0 saturated carbocycles. The Morgan fingerprint density at radius 3 is 2.52 bits per heavy atom. The molecule has 0 aromatic carbocycles. The molecule has 6 heteroatoms. The van der Waals surface area contributed by atoms with Gasteiger partial charge in [0.15, 0.2) is 0 Å². The van der Waals surface area contributed by atoms with E-state index in [1.165, 1.54) is 5.57 Å². The standard InChI is InChI=1S/C15H29N3O2S/c1-15(2,3)14-6-9-17(10-7-14)21(19,20)18-8-4-5-13(11-16)12-18/h6,13H,4-5,7-12,16H2,1-3H3. The third-order valence-corrected chi connectivity index (χ3v) is 6.57. The Bertz CT molecular complexity index is 494. The molecular formula is C15H29N3O2S. The van der Waals surface area contributed by atoms with E-state index < -0.39 is 10.2 Å². The van der Waals surface area contributed by atoms with Crippen molar-refractivity contribution in [2.75, 3.05) is 32.7 Å². The first kappa shape index (κ1) is 16.9. The number of piperidine rings is 1. The summed E-state index contributed by atoms with van der Waals surface area (Å²) < 4.78 is 28.7. The highest BCUT2D eigenvalue weighted by Crippen LogP contribution is 2.31. The molecule has 0 aliphatic carbocycles. The van der Waals surface area contributed by atoms with Gasteiger partial charge in [-0.05, 0) is 37.1 Å². The highest BCUT2D eigenvalue weighted by Gasteiger charge is 2.34. The van der Waals surface area contributed by atoms with Crippen molar-refractivity contribution in [3.05, 3.63) is 11.6 Å². The summed E-state index contributed by atoms with van der Waals surface area (Å²) in [4.78, 5) is 0. The second-order valence-electron chi connectivity index (χ2n) is 7.20. The maximum absolute atomic E-state index is 12.7. The molecule has 1 saturated heterocycles. The highest BCUT2D eigenvalue weighted by molar-refractivity contribution is 7.86. The molecule has 21 heavy (non-hydrogen) atoms. The van der Waals surface area contributed by atoms with Crippen LogP contribution in [0.25, 0.3) is 0 Å². The van der Waals surface area contributed by atoms with Gasteiger partial charge in [-0.2, -0.15) is 17.0 Å². The summed E-state index contributed by atoms with van der Waals surface area (Å²) in [6.45, 7) is 9.41. The van der Waals surface area contributed by atoms with Gasteiger partial charge < -0.3 is 5.73 Å². The summed E-state index contributed by atoms with van der Waals surface area (Å²) in [5.41, 5.74) is 7.19. The number of hydrogen-bond donors (Lipinski definition) is 1. The molecule has 0 aromatic rings. The van der Waals surface area contributed by atoms with Gasteiger partial charge in [0.2, 0.25) is 0 Å². The normalized spacial score (nSPS) is 26.7. The van der Waals surface area contributed by atoms with Gasteiger partial charge in [0.1, 0.15) is 0 Å². The maximum atomic E-state index is 12.7. The molecule has 0 spiro atoms. The lowest BCUT2D eigenvalue weighted by Crippen LogP contribution is -2.50. The van der Waals surface area contributed by atoms with Crippen molar-refractivity contribution in [3.63, 3.8) is 0 Å². The van der Waals surface area contributed by atoms with Crippen molar-refractivity contribution in [2.24, 2.45) is 17.1 Å².